The average Bonchev–Trinajstić information content (AvgIpc) is 2.30. The number of carbonyl (C=O) groups excluding carboxylic acids is 1. The normalized spacial score (nSPS) is 24.6. The molecule has 12 heavy (non-hydrogen) atoms. The van der Waals surface area contributed by atoms with Crippen LogP contribution in [-0.2, 0) is 14.3 Å². The second kappa shape index (κ2) is 2.82. The largest absolute Gasteiger partial charge is 0.502 e. The molecule has 1 heterocycles. The van der Waals surface area contributed by atoms with Crippen LogP contribution in [0.25, 0.3) is 0 Å². The number of cyclic esters (lactones) is 1. The van der Waals surface area contributed by atoms with E-state index in [1.807, 2.05) is 0 Å². The Morgan fingerprint density at radius 2 is 2.25 bits per heavy atom. The summed E-state index contributed by atoms with van der Waals surface area (Å²) in [6.07, 6.45) is -2.28. The van der Waals surface area contributed by atoms with Crippen molar-refractivity contribution in [2.45, 2.75) is 12.2 Å². The highest BCUT2D eigenvalue weighted by Crippen LogP contribution is 2.14. The smallest absolute Gasteiger partial charge is 0.373 e. The van der Waals surface area contributed by atoms with E-state index >= 15 is 0 Å². The standard InChI is InChI=1S/C6H6O6/c7-2-1-3(12-6(2)11)4(8)5(9)10/h1,3-4,7-8H,(H,9,10). The van der Waals surface area contributed by atoms with E-state index < -0.39 is 29.9 Å². The summed E-state index contributed by atoms with van der Waals surface area (Å²) in [5.41, 5.74) is 0. The molecule has 0 saturated heterocycles. The minimum atomic E-state index is -1.83. The Morgan fingerprint density at radius 3 is 2.58 bits per heavy atom. The van der Waals surface area contributed by atoms with Gasteiger partial charge >= 0.3 is 11.9 Å². The van der Waals surface area contributed by atoms with E-state index in [0.29, 0.717) is 0 Å². The van der Waals surface area contributed by atoms with Gasteiger partial charge in [-0.15, -0.1) is 0 Å². The van der Waals surface area contributed by atoms with Crippen LogP contribution in [0.1, 0.15) is 0 Å². The van der Waals surface area contributed by atoms with Crippen LogP contribution in [0.5, 0.6) is 0 Å². The maximum atomic E-state index is 10.5. The molecule has 3 N–H and O–H groups in total. The summed E-state index contributed by atoms with van der Waals surface area (Å²) in [5.74, 6) is -3.22. The van der Waals surface area contributed by atoms with E-state index in [-0.39, 0.29) is 0 Å². The number of hydrogen-bond acceptors (Lipinski definition) is 5. The number of hydrogen-bond donors (Lipinski definition) is 3. The van der Waals surface area contributed by atoms with Crippen LogP contribution < -0.4 is 0 Å². The third kappa shape index (κ3) is 1.37. The second-order valence-corrected chi connectivity index (χ2v) is 2.20. The molecule has 0 aromatic carbocycles. The van der Waals surface area contributed by atoms with Crippen molar-refractivity contribution in [2.75, 3.05) is 0 Å². The minimum absolute atomic E-state index is 0.680. The van der Waals surface area contributed by atoms with Crippen molar-refractivity contribution in [1.29, 1.82) is 0 Å². The van der Waals surface area contributed by atoms with Gasteiger partial charge in [0.2, 0.25) is 5.76 Å². The van der Waals surface area contributed by atoms with Gasteiger partial charge in [0.1, 0.15) is 0 Å². The van der Waals surface area contributed by atoms with Gasteiger partial charge in [0.05, 0.1) is 0 Å². The topological polar surface area (TPSA) is 104 Å². The molecule has 0 amide bonds. The van der Waals surface area contributed by atoms with Crippen molar-refractivity contribution in [1.82, 2.24) is 0 Å². The highest BCUT2D eigenvalue weighted by molar-refractivity contribution is 5.89. The lowest BCUT2D eigenvalue weighted by Gasteiger charge is -2.10. The Labute approximate surface area is 66.7 Å². The summed E-state index contributed by atoms with van der Waals surface area (Å²) >= 11 is 0. The third-order valence-corrected chi connectivity index (χ3v) is 1.34. The molecule has 6 nitrogen and oxygen atoms in total. The minimum Gasteiger partial charge on any atom is -0.502 e. The fourth-order valence-electron chi connectivity index (χ4n) is 0.738. The first-order chi connectivity index (χ1) is 5.52. The zero-order valence-electron chi connectivity index (χ0n) is 5.80. The number of aliphatic hydroxyl groups is 2. The SMILES string of the molecule is O=C1OC(C(O)C(=O)O)C=C1O. The molecule has 1 aliphatic rings. The first-order valence-electron chi connectivity index (χ1n) is 3.05. The Bertz CT molecular complexity index is 255. The number of carboxylic acids is 1. The van der Waals surface area contributed by atoms with E-state index in [1.165, 1.54) is 0 Å². The van der Waals surface area contributed by atoms with Gasteiger partial charge < -0.3 is 20.1 Å². The number of ether oxygens (including phenoxy) is 1. The zero-order valence-corrected chi connectivity index (χ0v) is 5.80. The van der Waals surface area contributed by atoms with Gasteiger partial charge in [-0.1, -0.05) is 0 Å². The van der Waals surface area contributed by atoms with Crippen LogP contribution >= 0.6 is 0 Å². The van der Waals surface area contributed by atoms with E-state index in [0.717, 1.165) is 6.08 Å². The quantitative estimate of drug-likeness (QED) is 0.454. The summed E-state index contributed by atoms with van der Waals surface area (Å²) < 4.78 is 4.28. The molecule has 1 aliphatic heterocycles. The summed E-state index contributed by atoms with van der Waals surface area (Å²) in [5, 5.41) is 25.8. The summed E-state index contributed by atoms with van der Waals surface area (Å²) in [6.45, 7) is 0. The Hall–Kier alpha value is -1.56. The average molecular weight is 174 g/mol. The lowest BCUT2D eigenvalue weighted by atomic mass is 10.2. The molecule has 0 saturated carbocycles. The number of esters is 1. The highest BCUT2D eigenvalue weighted by atomic mass is 16.6. The summed E-state index contributed by atoms with van der Waals surface area (Å²) in [7, 11) is 0. The van der Waals surface area contributed by atoms with Gasteiger partial charge in [-0.25, -0.2) is 9.59 Å². The molecule has 2 unspecified atom stereocenters. The van der Waals surface area contributed by atoms with Gasteiger partial charge in [0.15, 0.2) is 12.2 Å². The Kier molecular flexibility index (Phi) is 2.01. The number of aliphatic hydroxyl groups excluding tert-OH is 2. The van der Waals surface area contributed by atoms with Crippen molar-refractivity contribution < 1.29 is 29.6 Å². The Balaban J connectivity index is 2.70. The molecule has 1 rings (SSSR count). The maximum absolute atomic E-state index is 10.5. The van der Waals surface area contributed by atoms with Crippen molar-refractivity contribution in [3.8, 4) is 0 Å². The number of carbonyl (C=O) groups is 2. The molecule has 66 valence electrons. The molecule has 6 heteroatoms. The van der Waals surface area contributed by atoms with Gasteiger partial charge in [0, 0.05) is 6.08 Å². The molecule has 0 bridgehead atoms. The van der Waals surface area contributed by atoms with E-state index in [2.05, 4.69) is 4.74 Å². The van der Waals surface area contributed by atoms with Crippen LogP contribution in [-0.4, -0.2) is 39.5 Å². The molecule has 0 fully saturated rings. The van der Waals surface area contributed by atoms with Crippen molar-refractivity contribution in [3.05, 3.63) is 11.8 Å². The molecule has 0 spiro atoms. The fourth-order valence-corrected chi connectivity index (χ4v) is 0.738. The van der Waals surface area contributed by atoms with Gasteiger partial charge in [-0.2, -0.15) is 0 Å². The predicted molar refractivity (Wildman–Crippen MR) is 34.2 cm³/mol. The molecular weight excluding hydrogens is 168 g/mol. The predicted octanol–water partition coefficient (Wildman–Crippen LogP) is -1.20. The molecular formula is C6H6O6. The van der Waals surface area contributed by atoms with Crippen LogP contribution in [0.2, 0.25) is 0 Å². The number of aliphatic carboxylic acids is 1. The fraction of sp³-hybridized carbons (Fsp3) is 0.333. The van der Waals surface area contributed by atoms with Gasteiger partial charge in [-0.3, -0.25) is 0 Å². The molecule has 0 aromatic heterocycles. The first kappa shape index (κ1) is 8.54. The summed E-state index contributed by atoms with van der Waals surface area (Å²) in [6, 6.07) is 0. The van der Waals surface area contributed by atoms with Crippen molar-refractivity contribution in [3.63, 3.8) is 0 Å². The van der Waals surface area contributed by atoms with Crippen LogP contribution in [0, 0.1) is 0 Å². The van der Waals surface area contributed by atoms with Crippen LogP contribution in [0.3, 0.4) is 0 Å². The van der Waals surface area contributed by atoms with E-state index in [9.17, 15) is 9.59 Å². The third-order valence-electron chi connectivity index (χ3n) is 1.34. The van der Waals surface area contributed by atoms with Crippen molar-refractivity contribution >= 4 is 11.9 Å². The number of rotatable bonds is 2. The molecule has 0 aliphatic carbocycles. The second-order valence-electron chi connectivity index (χ2n) is 2.20. The lowest BCUT2D eigenvalue weighted by molar-refractivity contribution is -0.158. The van der Waals surface area contributed by atoms with Crippen LogP contribution in [0.15, 0.2) is 11.8 Å². The van der Waals surface area contributed by atoms with Gasteiger partial charge in [-0.05, 0) is 0 Å². The summed E-state index contributed by atoms with van der Waals surface area (Å²) in [4.78, 5) is 20.6. The molecule has 0 aromatic rings. The monoisotopic (exact) mass is 174 g/mol. The lowest BCUT2D eigenvalue weighted by Crippen LogP contribution is -2.33. The van der Waals surface area contributed by atoms with Crippen LogP contribution in [0.4, 0.5) is 0 Å². The first-order valence-corrected chi connectivity index (χ1v) is 3.05. The van der Waals surface area contributed by atoms with Gasteiger partial charge in [0.25, 0.3) is 0 Å². The van der Waals surface area contributed by atoms with E-state index in [1.54, 1.807) is 0 Å². The highest BCUT2D eigenvalue weighted by Gasteiger charge is 2.34. The Morgan fingerprint density at radius 1 is 1.67 bits per heavy atom. The number of carboxylic acid groups (broad SMARTS) is 1. The molecule has 0 radical (unpaired) electrons. The molecule has 2 atom stereocenters. The zero-order chi connectivity index (χ0) is 9.30. The maximum Gasteiger partial charge on any atom is 0.373 e. The van der Waals surface area contributed by atoms with Crippen molar-refractivity contribution in [2.24, 2.45) is 0 Å². The van der Waals surface area contributed by atoms with E-state index in [4.69, 9.17) is 15.3 Å².